The summed E-state index contributed by atoms with van der Waals surface area (Å²) in [7, 11) is 1.65. The number of aryl methyl sites for hydroxylation is 1. The summed E-state index contributed by atoms with van der Waals surface area (Å²) in [6.45, 7) is 4.41. The molecule has 0 fully saturated rings. The number of hydrogen-bond acceptors (Lipinski definition) is 2. The first-order chi connectivity index (χ1) is 5.65. The normalized spacial score (nSPS) is 10.2. The number of hydrogen-bond donors (Lipinski definition) is 1. The van der Waals surface area contributed by atoms with Crippen LogP contribution in [0.15, 0.2) is 12.1 Å². The zero-order chi connectivity index (χ0) is 9.14. The van der Waals surface area contributed by atoms with Gasteiger partial charge in [0.25, 0.3) is 0 Å². The number of ether oxygens (including phenoxy) is 1. The molecule has 0 radical (unpaired) electrons. The number of aromatic hydroxyl groups is 1. The summed E-state index contributed by atoms with van der Waals surface area (Å²) in [5.41, 5.74) is 3.02. The molecule has 0 saturated heterocycles. The molecule has 1 aromatic rings. The van der Waals surface area contributed by atoms with Gasteiger partial charge in [-0.25, -0.2) is 0 Å². The van der Waals surface area contributed by atoms with E-state index in [1.807, 2.05) is 19.9 Å². The van der Waals surface area contributed by atoms with Crippen molar-refractivity contribution in [1.82, 2.24) is 0 Å². The smallest absolute Gasteiger partial charge is 0.119 e. The Labute approximate surface area is 72.8 Å². The molecule has 0 aliphatic heterocycles. The Hall–Kier alpha value is -1.02. The van der Waals surface area contributed by atoms with Crippen LogP contribution in [-0.4, -0.2) is 12.2 Å². The zero-order valence-electron chi connectivity index (χ0n) is 7.72. The van der Waals surface area contributed by atoms with Gasteiger partial charge in [-0.1, -0.05) is 6.07 Å². The number of methoxy groups -OCH3 is 1. The van der Waals surface area contributed by atoms with Crippen molar-refractivity contribution < 1.29 is 9.84 Å². The summed E-state index contributed by atoms with van der Waals surface area (Å²) in [6.07, 6.45) is 0. The van der Waals surface area contributed by atoms with Gasteiger partial charge in [0.2, 0.25) is 0 Å². The van der Waals surface area contributed by atoms with Crippen molar-refractivity contribution in [1.29, 1.82) is 0 Å². The third-order valence-electron chi connectivity index (χ3n) is 1.93. The van der Waals surface area contributed by atoms with Crippen LogP contribution in [0.4, 0.5) is 0 Å². The van der Waals surface area contributed by atoms with Crippen LogP contribution < -0.4 is 0 Å². The van der Waals surface area contributed by atoms with Crippen molar-refractivity contribution in [2.24, 2.45) is 0 Å². The van der Waals surface area contributed by atoms with Crippen LogP contribution in [-0.2, 0) is 11.3 Å². The van der Waals surface area contributed by atoms with Crippen molar-refractivity contribution in [3.05, 3.63) is 28.8 Å². The van der Waals surface area contributed by atoms with Crippen LogP contribution >= 0.6 is 0 Å². The van der Waals surface area contributed by atoms with E-state index in [0.29, 0.717) is 12.4 Å². The van der Waals surface area contributed by atoms with Crippen LogP contribution in [0.2, 0.25) is 0 Å². The van der Waals surface area contributed by atoms with Crippen LogP contribution in [0, 0.1) is 13.8 Å². The Kier molecular flexibility index (Phi) is 2.71. The van der Waals surface area contributed by atoms with E-state index in [2.05, 4.69) is 0 Å². The van der Waals surface area contributed by atoms with Crippen LogP contribution in [0.1, 0.15) is 16.7 Å². The lowest BCUT2D eigenvalue weighted by Gasteiger charge is -2.07. The second-order valence-electron chi connectivity index (χ2n) is 3.00. The summed E-state index contributed by atoms with van der Waals surface area (Å²) < 4.78 is 5.01. The summed E-state index contributed by atoms with van der Waals surface area (Å²) in [6, 6.07) is 3.78. The average Bonchev–Trinajstić information content (AvgIpc) is 2.00. The Morgan fingerprint density at radius 1 is 1.33 bits per heavy atom. The van der Waals surface area contributed by atoms with E-state index < -0.39 is 0 Å². The molecule has 0 amide bonds. The molecule has 1 aromatic carbocycles. The highest BCUT2D eigenvalue weighted by molar-refractivity contribution is 5.41. The Balaban J connectivity index is 3.09. The number of phenolic OH excluding ortho intramolecular Hbond substituents is 1. The van der Waals surface area contributed by atoms with E-state index in [1.54, 1.807) is 13.2 Å². The molecule has 0 aliphatic rings. The van der Waals surface area contributed by atoms with Crippen molar-refractivity contribution in [3.63, 3.8) is 0 Å². The minimum Gasteiger partial charge on any atom is -0.508 e. The Bertz CT molecular complexity index is 279. The molecule has 66 valence electrons. The predicted octanol–water partition coefficient (Wildman–Crippen LogP) is 2.16. The third-order valence-corrected chi connectivity index (χ3v) is 1.93. The van der Waals surface area contributed by atoms with E-state index >= 15 is 0 Å². The maximum atomic E-state index is 9.45. The number of phenols is 1. The summed E-state index contributed by atoms with van der Waals surface area (Å²) >= 11 is 0. The Morgan fingerprint density at radius 2 is 2.00 bits per heavy atom. The molecule has 0 bridgehead atoms. The van der Waals surface area contributed by atoms with Gasteiger partial charge in [0.1, 0.15) is 5.75 Å². The van der Waals surface area contributed by atoms with Gasteiger partial charge in [-0.2, -0.15) is 0 Å². The van der Waals surface area contributed by atoms with E-state index in [-0.39, 0.29) is 0 Å². The lowest BCUT2D eigenvalue weighted by molar-refractivity contribution is 0.184. The highest BCUT2D eigenvalue weighted by Crippen LogP contribution is 2.22. The van der Waals surface area contributed by atoms with E-state index in [4.69, 9.17) is 4.74 Å². The molecule has 1 rings (SSSR count). The third kappa shape index (κ3) is 1.77. The standard InChI is InChI=1S/C10H14O2/c1-7-4-9(6-12-3)8(2)10(11)5-7/h4-5,11H,6H2,1-3H3. The quantitative estimate of drug-likeness (QED) is 0.729. The fourth-order valence-electron chi connectivity index (χ4n) is 1.22. The van der Waals surface area contributed by atoms with Crippen molar-refractivity contribution in [2.75, 3.05) is 7.11 Å². The Morgan fingerprint density at radius 3 is 2.58 bits per heavy atom. The SMILES string of the molecule is COCc1cc(C)cc(O)c1C. The predicted molar refractivity (Wildman–Crippen MR) is 48.3 cm³/mol. The molecule has 1 N–H and O–H groups in total. The second-order valence-corrected chi connectivity index (χ2v) is 3.00. The molecule has 0 atom stereocenters. The summed E-state index contributed by atoms with van der Waals surface area (Å²) in [5, 5.41) is 9.45. The van der Waals surface area contributed by atoms with E-state index in [9.17, 15) is 5.11 Å². The molecule has 0 saturated carbocycles. The lowest BCUT2D eigenvalue weighted by atomic mass is 10.1. The van der Waals surface area contributed by atoms with Gasteiger partial charge in [-0.15, -0.1) is 0 Å². The van der Waals surface area contributed by atoms with Gasteiger partial charge in [0, 0.05) is 7.11 Å². The molecule has 0 heterocycles. The lowest BCUT2D eigenvalue weighted by Crippen LogP contribution is -1.92. The zero-order valence-corrected chi connectivity index (χ0v) is 7.72. The minimum atomic E-state index is 0.349. The van der Waals surface area contributed by atoms with Gasteiger partial charge < -0.3 is 9.84 Å². The highest BCUT2D eigenvalue weighted by Gasteiger charge is 2.03. The first-order valence-electron chi connectivity index (χ1n) is 3.93. The molecular weight excluding hydrogens is 152 g/mol. The van der Waals surface area contributed by atoms with Crippen LogP contribution in [0.3, 0.4) is 0 Å². The molecule has 0 aliphatic carbocycles. The number of benzene rings is 1. The average molecular weight is 166 g/mol. The molecule has 0 unspecified atom stereocenters. The van der Waals surface area contributed by atoms with Gasteiger partial charge in [-0.3, -0.25) is 0 Å². The van der Waals surface area contributed by atoms with Crippen LogP contribution in [0.25, 0.3) is 0 Å². The number of rotatable bonds is 2. The maximum Gasteiger partial charge on any atom is 0.119 e. The van der Waals surface area contributed by atoms with Gasteiger partial charge in [0.15, 0.2) is 0 Å². The molecule has 2 heteroatoms. The molecular formula is C10H14O2. The van der Waals surface area contributed by atoms with E-state index in [0.717, 1.165) is 16.7 Å². The van der Waals surface area contributed by atoms with Gasteiger partial charge in [-0.05, 0) is 36.6 Å². The fourth-order valence-corrected chi connectivity index (χ4v) is 1.22. The monoisotopic (exact) mass is 166 g/mol. The molecule has 2 nitrogen and oxygen atoms in total. The molecule has 12 heavy (non-hydrogen) atoms. The van der Waals surface area contributed by atoms with Crippen molar-refractivity contribution in [2.45, 2.75) is 20.5 Å². The topological polar surface area (TPSA) is 29.5 Å². The minimum absolute atomic E-state index is 0.349. The highest BCUT2D eigenvalue weighted by atomic mass is 16.5. The summed E-state index contributed by atoms with van der Waals surface area (Å²) in [5.74, 6) is 0.349. The van der Waals surface area contributed by atoms with Gasteiger partial charge >= 0.3 is 0 Å². The van der Waals surface area contributed by atoms with Crippen LogP contribution in [0.5, 0.6) is 5.75 Å². The van der Waals surface area contributed by atoms with Gasteiger partial charge in [0.05, 0.1) is 6.61 Å². The first-order valence-corrected chi connectivity index (χ1v) is 3.93. The first kappa shape index (κ1) is 9.07. The van der Waals surface area contributed by atoms with Crippen molar-refractivity contribution >= 4 is 0 Å². The second kappa shape index (κ2) is 3.59. The largest absolute Gasteiger partial charge is 0.508 e. The van der Waals surface area contributed by atoms with Crippen molar-refractivity contribution in [3.8, 4) is 5.75 Å². The maximum absolute atomic E-state index is 9.45. The van der Waals surface area contributed by atoms with E-state index in [1.165, 1.54) is 0 Å². The molecule has 0 aromatic heterocycles. The fraction of sp³-hybridized carbons (Fsp3) is 0.400. The molecule has 0 spiro atoms. The summed E-state index contributed by atoms with van der Waals surface area (Å²) in [4.78, 5) is 0.